The van der Waals surface area contributed by atoms with Gasteiger partial charge in [0.15, 0.2) is 0 Å². The van der Waals surface area contributed by atoms with E-state index in [1.807, 2.05) is 6.92 Å². The lowest BCUT2D eigenvalue weighted by Crippen LogP contribution is -2.26. The molecule has 2 aromatic carbocycles. The largest absolute Gasteiger partial charge is 0.327 e. The standard InChI is InChI=1S/C16H16Cl2FN/c1-10-5-6-12(19)7-11(10)8-13(20)9-14-15(17)3-2-4-16(14)18/h2-7,13H,8-9,20H2,1H3. The Morgan fingerprint density at radius 2 is 1.75 bits per heavy atom. The Hall–Kier alpha value is -1.09. The van der Waals surface area contributed by atoms with Crippen LogP contribution < -0.4 is 5.73 Å². The summed E-state index contributed by atoms with van der Waals surface area (Å²) in [6.45, 7) is 1.95. The first-order chi connectivity index (χ1) is 9.47. The smallest absolute Gasteiger partial charge is 0.123 e. The van der Waals surface area contributed by atoms with E-state index in [-0.39, 0.29) is 11.9 Å². The predicted octanol–water partition coefficient (Wildman–Crippen LogP) is 4.55. The molecule has 0 aromatic heterocycles. The van der Waals surface area contributed by atoms with Crippen molar-refractivity contribution in [3.05, 3.63) is 69.0 Å². The Morgan fingerprint density at radius 3 is 2.40 bits per heavy atom. The summed E-state index contributed by atoms with van der Waals surface area (Å²) in [5.74, 6) is -0.242. The third kappa shape index (κ3) is 3.72. The number of nitrogens with two attached hydrogens (primary N) is 1. The van der Waals surface area contributed by atoms with E-state index in [1.165, 1.54) is 12.1 Å². The molecule has 0 amide bonds. The first-order valence-electron chi connectivity index (χ1n) is 6.41. The van der Waals surface area contributed by atoms with Gasteiger partial charge in [0, 0.05) is 16.1 Å². The summed E-state index contributed by atoms with van der Waals surface area (Å²) in [4.78, 5) is 0. The molecule has 0 radical (unpaired) electrons. The topological polar surface area (TPSA) is 26.0 Å². The van der Waals surface area contributed by atoms with Gasteiger partial charge in [0.2, 0.25) is 0 Å². The zero-order valence-electron chi connectivity index (χ0n) is 11.2. The fourth-order valence-corrected chi connectivity index (χ4v) is 2.76. The van der Waals surface area contributed by atoms with Gasteiger partial charge in [-0.15, -0.1) is 0 Å². The summed E-state index contributed by atoms with van der Waals surface area (Å²) >= 11 is 12.3. The Kier molecular flexibility index (Phi) is 5.03. The van der Waals surface area contributed by atoms with Crippen molar-refractivity contribution < 1.29 is 4.39 Å². The van der Waals surface area contributed by atoms with E-state index in [4.69, 9.17) is 28.9 Å². The number of benzene rings is 2. The molecule has 1 atom stereocenters. The van der Waals surface area contributed by atoms with Crippen LogP contribution in [0.25, 0.3) is 0 Å². The van der Waals surface area contributed by atoms with E-state index in [9.17, 15) is 4.39 Å². The second kappa shape index (κ2) is 6.57. The van der Waals surface area contributed by atoms with Crippen molar-refractivity contribution in [2.75, 3.05) is 0 Å². The molecule has 2 N–H and O–H groups in total. The van der Waals surface area contributed by atoms with Gasteiger partial charge in [-0.2, -0.15) is 0 Å². The second-order valence-electron chi connectivity index (χ2n) is 4.94. The molecular formula is C16H16Cl2FN. The lowest BCUT2D eigenvalue weighted by atomic mass is 9.97. The Balaban J connectivity index is 2.13. The molecule has 0 heterocycles. The van der Waals surface area contributed by atoms with Gasteiger partial charge in [0.1, 0.15) is 5.82 Å². The van der Waals surface area contributed by atoms with Crippen molar-refractivity contribution in [3.63, 3.8) is 0 Å². The van der Waals surface area contributed by atoms with Crippen molar-refractivity contribution in [2.45, 2.75) is 25.8 Å². The van der Waals surface area contributed by atoms with Gasteiger partial charge in [0.25, 0.3) is 0 Å². The van der Waals surface area contributed by atoms with E-state index < -0.39 is 0 Å². The van der Waals surface area contributed by atoms with Gasteiger partial charge >= 0.3 is 0 Å². The minimum absolute atomic E-state index is 0.159. The molecule has 1 unspecified atom stereocenters. The molecule has 1 nitrogen and oxygen atoms in total. The number of aryl methyl sites for hydroxylation is 1. The Bertz CT molecular complexity index is 593. The van der Waals surface area contributed by atoms with Crippen LogP contribution in [0.15, 0.2) is 36.4 Å². The van der Waals surface area contributed by atoms with Crippen molar-refractivity contribution in [1.82, 2.24) is 0 Å². The number of rotatable bonds is 4. The minimum atomic E-state index is -0.242. The molecule has 0 aliphatic carbocycles. The molecule has 0 spiro atoms. The molecular weight excluding hydrogens is 296 g/mol. The zero-order valence-corrected chi connectivity index (χ0v) is 12.7. The maximum Gasteiger partial charge on any atom is 0.123 e. The summed E-state index contributed by atoms with van der Waals surface area (Å²) in [6.07, 6.45) is 1.15. The fraction of sp³-hybridized carbons (Fsp3) is 0.250. The van der Waals surface area contributed by atoms with Crippen LogP contribution in [-0.2, 0) is 12.8 Å². The second-order valence-corrected chi connectivity index (χ2v) is 5.75. The molecule has 0 aliphatic heterocycles. The molecule has 106 valence electrons. The van der Waals surface area contributed by atoms with Crippen molar-refractivity contribution in [3.8, 4) is 0 Å². The maximum absolute atomic E-state index is 13.3. The third-order valence-corrected chi connectivity index (χ3v) is 4.03. The van der Waals surface area contributed by atoms with E-state index in [2.05, 4.69) is 0 Å². The van der Waals surface area contributed by atoms with Gasteiger partial charge in [0.05, 0.1) is 0 Å². The summed E-state index contributed by atoms with van der Waals surface area (Å²) < 4.78 is 13.3. The average Bonchev–Trinajstić information content (AvgIpc) is 2.38. The lowest BCUT2D eigenvalue weighted by Gasteiger charge is -2.15. The van der Waals surface area contributed by atoms with Crippen LogP contribution in [0.2, 0.25) is 10.0 Å². The predicted molar refractivity (Wildman–Crippen MR) is 83.0 cm³/mol. The SMILES string of the molecule is Cc1ccc(F)cc1CC(N)Cc1c(Cl)cccc1Cl. The van der Waals surface area contributed by atoms with Gasteiger partial charge in [-0.3, -0.25) is 0 Å². The van der Waals surface area contributed by atoms with Crippen LogP contribution in [0.4, 0.5) is 4.39 Å². The summed E-state index contributed by atoms with van der Waals surface area (Å²) in [5.41, 5.74) is 8.95. The zero-order chi connectivity index (χ0) is 14.7. The Labute approximate surface area is 128 Å². The first-order valence-corrected chi connectivity index (χ1v) is 7.16. The molecule has 0 bridgehead atoms. The quantitative estimate of drug-likeness (QED) is 0.880. The highest BCUT2D eigenvalue weighted by molar-refractivity contribution is 6.36. The third-order valence-electron chi connectivity index (χ3n) is 3.32. The van der Waals surface area contributed by atoms with Crippen LogP contribution in [0.5, 0.6) is 0 Å². The maximum atomic E-state index is 13.3. The van der Waals surface area contributed by atoms with Gasteiger partial charge < -0.3 is 5.73 Å². The fourth-order valence-electron chi connectivity index (χ4n) is 2.20. The lowest BCUT2D eigenvalue weighted by molar-refractivity contribution is 0.616. The van der Waals surface area contributed by atoms with Crippen molar-refractivity contribution >= 4 is 23.2 Å². The van der Waals surface area contributed by atoms with Crippen LogP contribution in [0.3, 0.4) is 0 Å². The molecule has 0 aliphatic rings. The van der Waals surface area contributed by atoms with Crippen LogP contribution in [0.1, 0.15) is 16.7 Å². The Morgan fingerprint density at radius 1 is 1.10 bits per heavy atom. The highest BCUT2D eigenvalue weighted by atomic mass is 35.5. The van der Waals surface area contributed by atoms with Crippen molar-refractivity contribution in [2.24, 2.45) is 5.73 Å². The monoisotopic (exact) mass is 311 g/mol. The highest BCUT2D eigenvalue weighted by Gasteiger charge is 2.12. The number of hydrogen-bond donors (Lipinski definition) is 1. The van der Waals surface area contributed by atoms with Gasteiger partial charge in [-0.05, 0) is 60.7 Å². The average molecular weight is 312 g/mol. The first kappa shape index (κ1) is 15.3. The van der Waals surface area contributed by atoms with E-state index in [1.54, 1.807) is 24.3 Å². The molecule has 4 heteroatoms. The molecule has 0 saturated carbocycles. The molecule has 0 fully saturated rings. The molecule has 2 aromatic rings. The molecule has 20 heavy (non-hydrogen) atoms. The van der Waals surface area contributed by atoms with E-state index in [0.717, 1.165) is 16.7 Å². The van der Waals surface area contributed by atoms with Crippen LogP contribution in [-0.4, -0.2) is 6.04 Å². The van der Waals surface area contributed by atoms with Crippen LogP contribution >= 0.6 is 23.2 Å². The summed E-state index contributed by atoms with van der Waals surface area (Å²) in [6, 6.07) is 9.98. The minimum Gasteiger partial charge on any atom is -0.327 e. The highest BCUT2D eigenvalue weighted by Crippen LogP contribution is 2.26. The summed E-state index contributed by atoms with van der Waals surface area (Å²) in [5, 5.41) is 1.23. The number of hydrogen-bond acceptors (Lipinski definition) is 1. The number of halogens is 3. The van der Waals surface area contributed by atoms with Crippen LogP contribution in [0, 0.1) is 12.7 Å². The summed E-state index contributed by atoms with van der Waals surface area (Å²) in [7, 11) is 0. The van der Waals surface area contributed by atoms with E-state index >= 15 is 0 Å². The van der Waals surface area contributed by atoms with Gasteiger partial charge in [-0.1, -0.05) is 35.3 Å². The van der Waals surface area contributed by atoms with Crippen molar-refractivity contribution in [1.29, 1.82) is 0 Å². The van der Waals surface area contributed by atoms with Gasteiger partial charge in [-0.25, -0.2) is 4.39 Å². The molecule has 0 saturated heterocycles. The molecule has 2 rings (SSSR count). The normalized spacial score (nSPS) is 12.4. The van der Waals surface area contributed by atoms with E-state index in [0.29, 0.717) is 22.9 Å².